The number of hydrogen-bond acceptors (Lipinski definition) is 5. The molecule has 0 amide bonds. The van der Waals surface area contributed by atoms with Gasteiger partial charge in [0, 0.05) is 6.42 Å². The minimum atomic E-state index is 0.518. The number of hydrogen-bond donors (Lipinski definition) is 0. The Morgan fingerprint density at radius 1 is 1.04 bits per heavy atom. The molecule has 2 aromatic carbocycles. The second-order valence-electron chi connectivity index (χ2n) is 5.88. The molecule has 5 heteroatoms. The summed E-state index contributed by atoms with van der Waals surface area (Å²) in [5, 5.41) is 11.6. The minimum Gasteiger partial charge on any atom is -0.493 e. The lowest BCUT2D eigenvalue weighted by Crippen LogP contribution is -2.05. The smallest absolute Gasteiger partial charge is 0.161 e. The molecule has 0 fully saturated rings. The van der Waals surface area contributed by atoms with E-state index in [1.807, 2.05) is 18.2 Å². The van der Waals surface area contributed by atoms with Crippen molar-refractivity contribution < 1.29 is 9.47 Å². The SMILES string of the molecule is COc1ccc(CC2=NN=NC2)cc1OCc1c(C)cccc1C. The Labute approximate surface area is 142 Å². The van der Waals surface area contributed by atoms with Crippen LogP contribution in [0.1, 0.15) is 22.3 Å². The van der Waals surface area contributed by atoms with Crippen LogP contribution < -0.4 is 9.47 Å². The third-order valence-electron chi connectivity index (χ3n) is 4.16. The van der Waals surface area contributed by atoms with Gasteiger partial charge in [-0.25, -0.2) is 0 Å². The number of nitrogens with zero attached hydrogens (tertiary/aromatic N) is 3. The van der Waals surface area contributed by atoms with Crippen molar-refractivity contribution in [3.63, 3.8) is 0 Å². The van der Waals surface area contributed by atoms with Crippen LogP contribution in [0.5, 0.6) is 11.5 Å². The molecule has 0 saturated heterocycles. The highest BCUT2D eigenvalue weighted by Gasteiger charge is 2.11. The molecule has 0 aliphatic carbocycles. The summed E-state index contributed by atoms with van der Waals surface area (Å²) in [4.78, 5) is 0. The molecule has 0 N–H and O–H groups in total. The maximum absolute atomic E-state index is 6.07. The molecule has 3 rings (SSSR count). The Hall–Kier alpha value is -2.69. The Kier molecular flexibility index (Phi) is 4.89. The first-order valence-electron chi connectivity index (χ1n) is 7.94. The largest absolute Gasteiger partial charge is 0.493 e. The molecule has 0 atom stereocenters. The molecule has 24 heavy (non-hydrogen) atoms. The summed E-state index contributed by atoms with van der Waals surface area (Å²) >= 11 is 0. The van der Waals surface area contributed by atoms with Crippen LogP contribution in [0.15, 0.2) is 51.8 Å². The summed E-state index contributed by atoms with van der Waals surface area (Å²) in [6, 6.07) is 12.2. The van der Waals surface area contributed by atoms with E-state index in [1.165, 1.54) is 16.7 Å². The fraction of sp³-hybridized carbons (Fsp3) is 0.316. The second kappa shape index (κ2) is 7.25. The fourth-order valence-electron chi connectivity index (χ4n) is 2.74. The highest BCUT2D eigenvalue weighted by molar-refractivity contribution is 5.89. The number of aryl methyl sites for hydroxylation is 2. The predicted octanol–water partition coefficient (Wildman–Crippen LogP) is 4.26. The van der Waals surface area contributed by atoms with Crippen LogP contribution in [0.25, 0.3) is 0 Å². The van der Waals surface area contributed by atoms with E-state index in [0.717, 1.165) is 29.2 Å². The van der Waals surface area contributed by atoms with Gasteiger partial charge in [-0.15, -0.1) is 5.10 Å². The molecule has 1 aliphatic heterocycles. The van der Waals surface area contributed by atoms with E-state index < -0.39 is 0 Å². The number of rotatable bonds is 6. The summed E-state index contributed by atoms with van der Waals surface area (Å²) < 4.78 is 11.5. The van der Waals surface area contributed by atoms with Crippen molar-refractivity contribution in [2.24, 2.45) is 15.4 Å². The van der Waals surface area contributed by atoms with Crippen molar-refractivity contribution in [1.82, 2.24) is 0 Å². The van der Waals surface area contributed by atoms with Gasteiger partial charge < -0.3 is 9.47 Å². The number of benzene rings is 2. The van der Waals surface area contributed by atoms with Crippen LogP contribution in [0.4, 0.5) is 0 Å². The molecule has 0 saturated carbocycles. The summed E-state index contributed by atoms with van der Waals surface area (Å²) in [6.07, 6.45) is 0.719. The molecule has 0 aromatic heterocycles. The van der Waals surface area contributed by atoms with Gasteiger partial charge in [0.15, 0.2) is 11.5 Å². The minimum absolute atomic E-state index is 0.518. The molecule has 0 bridgehead atoms. The van der Waals surface area contributed by atoms with E-state index in [2.05, 4.69) is 47.5 Å². The lowest BCUT2D eigenvalue weighted by molar-refractivity contribution is 0.283. The van der Waals surface area contributed by atoms with Crippen LogP contribution in [0.2, 0.25) is 0 Å². The zero-order chi connectivity index (χ0) is 16.9. The van der Waals surface area contributed by atoms with E-state index in [-0.39, 0.29) is 0 Å². The molecule has 0 unspecified atom stereocenters. The van der Waals surface area contributed by atoms with Crippen LogP contribution in [-0.4, -0.2) is 19.4 Å². The fourth-order valence-corrected chi connectivity index (χ4v) is 2.74. The zero-order valence-corrected chi connectivity index (χ0v) is 14.2. The Bertz CT molecular complexity index is 777. The summed E-state index contributed by atoms with van der Waals surface area (Å²) in [5.74, 6) is 1.47. The van der Waals surface area contributed by atoms with Gasteiger partial charge in [0.2, 0.25) is 0 Å². The topological polar surface area (TPSA) is 55.5 Å². The highest BCUT2D eigenvalue weighted by atomic mass is 16.5. The first kappa shape index (κ1) is 16.2. The van der Waals surface area contributed by atoms with Crippen molar-refractivity contribution >= 4 is 5.71 Å². The molecular formula is C19H21N3O2. The lowest BCUT2D eigenvalue weighted by Gasteiger charge is -2.15. The van der Waals surface area contributed by atoms with E-state index in [1.54, 1.807) is 7.11 Å². The Morgan fingerprint density at radius 3 is 2.50 bits per heavy atom. The summed E-state index contributed by atoms with van der Waals surface area (Å²) in [7, 11) is 1.65. The Morgan fingerprint density at radius 2 is 1.83 bits per heavy atom. The van der Waals surface area contributed by atoms with Gasteiger partial charge in [0.1, 0.15) is 13.2 Å². The Balaban J connectivity index is 1.78. The molecule has 0 spiro atoms. The average Bonchev–Trinajstić information content (AvgIpc) is 3.07. The van der Waals surface area contributed by atoms with Crippen LogP contribution in [0.3, 0.4) is 0 Å². The van der Waals surface area contributed by atoms with Crippen molar-refractivity contribution in [3.05, 3.63) is 58.7 Å². The highest BCUT2D eigenvalue weighted by Crippen LogP contribution is 2.30. The van der Waals surface area contributed by atoms with Crippen LogP contribution in [-0.2, 0) is 13.0 Å². The zero-order valence-electron chi connectivity index (χ0n) is 14.2. The monoisotopic (exact) mass is 323 g/mol. The van der Waals surface area contributed by atoms with Gasteiger partial charge in [-0.1, -0.05) is 24.3 Å². The van der Waals surface area contributed by atoms with E-state index >= 15 is 0 Å². The van der Waals surface area contributed by atoms with Gasteiger partial charge in [-0.2, -0.15) is 5.11 Å². The van der Waals surface area contributed by atoms with E-state index in [9.17, 15) is 0 Å². The van der Waals surface area contributed by atoms with Gasteiger partial charge in [0.25, 0.3) is 0 Å². The van der Waals surface area contributed by atoms with E-state index in [4.69, 9.17) is 9.47 Å². The quantitative estimate of drug-likeness (QED) is 0.797. The normalized spacial score (nSPS) is 13.0. The molecule has 0 radical (unpaired) electrons. The summed E-state index contributed by atoms with van der Waals surface area (Å²) in [5.41, 5.74) is 5.74. The van der Waals surface area contributed by atoms with Gasteiger partial charge in [0.05, 0.1) is 12.8 Å². The molecule has 2 aromatic rings. The van der Waals surface area contributed by atoms with Gasteiger partial charge in [-0.3, -0.25) is 0 Å². The molecule has 1 aliphatic rings. The number of ether oxygens (including phenoxy) is 2. The van der Waals surface area contributed by atoms with E-state index in [0.29, 0.717) is 13.2 Å². The third kappa shape index (κ3) is 3.62. The average molecular weight is 323 g/mol. The first-order chi connectivity index (χ1) is 11.7. The van der Waals surface area contributed by atoms with Crippen LogP contribution in [0, 0.1) is 13.8 Å². The van der Waals surface area contributed by atoms with Crippen LogP contribution >= 0.6 is 0 Å². The first-order valence-corrected chi connectivity index (χ1v) is 7.94. The van der Waals surface area contributed by atoms with Gasteiger partial charge >= 0.3 is 0 Å². The maximum atomic E-state index is 6.07. The number of methoxy groups -OCH3 is 1. The van der Waals surface area contributed by atoms with Crippen molar-refractivity contribution in [1.29, 1.82) is 0 Å². The van der Waals surface area contributed by atoms with Crippen molar-refractivity contribution in [2.45, 2.75) is 26.9 Å². The van der Waals surface area contributed by atoms with Crippen molar-refractivity contribution in [2.75, 3.05) is 13.7 Å². The molecule has 5 nitrogen and oxygen atoms in total. The van der Waals surface area contributed by atoms with Gasteiger partial charge in [-0.05, 0) is 53.5 Å². The molecular weight excluding hydrogens is 302 g/mol. The standard InChI is InChI=1S/C19H21N3O2/c1-13-5-4-6-14(2)17(13)12-24-19-10-15(7-8-18(19)23-3)9-16-11-20-22-21-16/h4-8,10H,9,11-12H2,1-3H3. The van der Waals surface area contributed by atoms with Crippen molar-refractivity contribution in [3.8, 4) is 11.5 Å². The third-order valence-corrected chi connectivity index (χ3v) is 4.16. The maximum Gasteiger partial charge on any atom is 0.161 e. The molecule has 1 heterocycles. The summed E-state index contributed by atoms with van der Waals surface area (Å²) in [6.45, 7) is 5.30. The second-order valence-corrected chi connectivity index (χ2v) is 5.88. The molecule has 124 valence electrons. The predicted molar refractivity (Wildman–Crippen MR) is 94.1 cm³/mol. The lowest BCUT2D eigenvalue weighted by atomic mass is 10.0.